The maximum Gasteiger partial charge on any atom is 0.323 e. The Morgan fingerprint density at radius 1 is 1.30 bits per heavy atom. The van der Waals surface area contributed by atoms with Crippen molar-refractivity contribution >= 4 is 34.6 Å². The van der Waals surface area contributed by atoms with Gasteiger partial charge in [0.05, 0.1) is 11.0 Å². The van der Waals surface area contributed by atoms with E-state index in [1.54, 1.807) is 16.7 Å². The third kappa shape index (κ3) is 4.60. The van der Waals surface area contributed by atoms with Crippen LogP contribution in [0.5, 0.6) is 0 Å². The number of carboxylic acid groups (broad SMARTS) is 1. The molecule has 3 aromatic rings. The van der Waals surface area contributed by atoms with E-state index in [2.05, 4.69) is 18.6 Å². The third-order valence-electron chi connectivity index (χ3n) is 4.33. The van der Waals surface area contributed by atoms with E-state index in [0.717, 1.165) is 40.3 Å². The lowest BCUT2D eigenvalue weighted by molar-refractivity contribution is -0.137. The molecule has 0 fully saturated rings. The zero-order chi connectivity index (χ0) is 19.4. The molecule has 2 N–H and O–H groups in total. The van der Waals surface area contributed by atoms with Crippen LogP contribution in [-0.2, 0) is 11.3 Å². The minimum atomic E-state index is -0.881. The molecule has 0 radical (unpaired) electrons. The van der Waals surface area contributed by atoms with Gasteiger partial charge >= 0.3 is 5.97 Å². The summed E-state index contributed by atoms with van der Waals surface area (Å²) in [6.07, 6.45) is 1.97. The Morgan fingerprint density at radius 3 is 2.70 bits per heavy atom. The summed E-state index contributed by atoms with van der Waals surface area (Å²) in [7, 11) is 0. The van der Waals surface area contributed by atoms with E-state index in [0.29, 0.717) is 0 Å². The van der Waals surface area contributed by atoms with E-state index < -0.39 is 5.97 Å². The first-order chi connectivity index (χ1) is 13.0. The van der Waals surface area contributed by atoms with Crippen molar-refractivity contribution in [1.29, 1.82) is 0 Å². The highest BCUT2D eigenvalue weighted by molar-refractivity contribution is 8.00. The molecule has 0 saturated heterocycles. The van der Waals surface area contributed by atoms with Crippen molar-refractivity contribution in [3.8, 4) is 0 Å². The van der Waals surface area contributed by atoms with Crippen LogP contribution in [0.1, 0.15) is 38.4 Å². The molecule has 0 bridgehead atoms. The Hall–Kier alpha value is -2.54. The fourth-order valence-corrected chi connectivity index (χ4v) is 3.71. The van der Waals surface area contributed by atoms with E-state index in [-0.39, 0.29) is 18.3 Å². The van der Waals surface area contributed by atoms with Gasteiger partial charge in [-0.2, -0.15) is 0 Å². The van der Waals surface area contributed by atoms with Gasteiger partial charge in [-0.1, -0.05) is 20.3 Å². The molecular weight excluding hydrogens is 365 g/mol. The van der Waals surface area contributed by atoms with Crippen molar-refractivity contribution in [3.63, 3.8) is 0 Å². The number of carbonyl (C=O) groups is 1. The summed E-state index contributed by atoms with van der Waals surface area (Å²) in [5.74, 6) is -0.156. The SMILES string of the molecule is CCCC(C)c1nc2cc(NSc3ccc(F)cc3)ccc2n1CC(=O)O. The number of halogens is 1. The van der Waals surface area contributed by atoms with Crippen LogP contribution in [0.2, 0.25) is 0 Å². The van der Waals surface area contributed by atoms with Crippen molar-refractivity contribution in [2.75, 3.05) is 4.72 Å². The second kappa shape index (κ2) is 8.43. The van der Waals surface area contributed by atoms with Gasteiger partial charge in [-0.15, -0.1) is 0 Å². The molecule has 1 unspecified atom stereocenters. The number of nitrogens with one attached hydrogen (secondary N) is 1. The zero-order valence-electron chi connectivity index (χ0n) is 15.3. The number of rotatable bonds is 8. The predicted molar refractivity (Wildman–Crippen MR) is 107 cm³/mol. The summed E-state index contributed by atoms with van der Waals surface area (Å²) in [6.45, 7) is 4.08. The Bertz CT molecular complexity index is 940. The highest BCUT2D eigenvalue weighted by atomic mass is 32.2. The Labute approximate surface area is 161 Å². The standard InChI is InChI=1S/C20H22FN3O2S/c1-3-4-13(2)20-22-17-11-15(7-10-18(17)24(20)12-19(25)26)23-27-16-8-5-14(21)6-9-16/h5-11,13,23H,3-4,12H2,1-2H3,(H,25,26). The van der Waals surface area contributed by atoms with Crippen LogP contribution in [-0.4, -0.2) is 20.6 Å². The maximum absolute atomic E-state index is 13.0. The summed E-state index contributed by atoms with van der Waals surface area (Å²) in [6, 6.07) is 11.9. The van der Waals surface area contributed by atoms with Gasteiger partial charge in [-0.3, -0.25) is 4.79 Å². The number of aliphatic carboxylic acids is 1. The number of imidazole rings is 1. The summed E-state index contributed by atoms with van der Waals surface area (Å²) in [4.78, 5) is 16.9. The number of carboxylic acids is 1. The van der Waals surface area contributed by atoms with E-state index in [9.17, 15) is 14.3 Å². The maximum atomic E-state index is 13.0. The largest absolute Gasteiger partial charge is 0.480 e. The number of fused-ring (bicyclic) bond motifs is 1. The van der Waals surface area contributed by atoms with Gasteiger partial charge < -0.3 is 14.4 Å². The van der Waals surface area contributed by atoms with Crippen LogP contribution in [0, 0.1) is 5.82 Å². The van der Waals surface area contributed by atoms with Gasteiger partial charge in [-0.05, 0) is 60.8 Å². The van der Waals surface area contributed by atoms with Crippen LogP contribution < -0.4 is 4.72 Å². The number of anilines is 1. The molecule has 2 aromatic carbocycles. The molecule has 1 aromatic heterocycles. The molecule has 0 aliphatic carbocycles. The lowest BCUT2D eigenvalue weighted by atomic mass is 10.1. The minimum Gasteiger partial charge on any atom is -0.480 e. The molecule has 1 heterocycles. The first kappa shape index (κ1) is 19.2. The quantitative estimate of drug-likeness (QED) is 0.515. The van der Waals surface area contributed by atoms with Crippen molar-refractivity contribution in [2.45, 2.75) is 44.0 Å². The van der Waals surface area contributed by atoms with E-state index in [4.69, 9.17) is 4.98 Å². The van der Waals surface area contributed by atoms with E-state index in [1.165, 1.54) is 24.1 Å². The van der Waals surface area contributed by atoms with Crippen molar-refractivity contribution in [2.24, 2.45) is 0 Å². The number of aromatic nitrogens is 2. The minimum absolute atomic E-state index is 0.100. The summed E-state index contributed by atoms with van der Waals surface area (Å²) >= 11 is 1.38. The monoisotopic (exact) mass is 387 g/mol. The highest BCUT2D eigenvalue weighted by Gasteiger charge is 2.18. The Kier molecular flexibility index (Phi) is 6.01. The topological polar surface area (TPSA) is 67.2 Å². The van der Waals surface area contributed by atoms with Gasteiger partial charge in [0.15, 0.2) is 0 Å². The average molecular weight is 387 g/mol. The fourth-order valence-electron chi connectivity index (χ4n) is 3.07. The molecule has 7 heteroatoms. The smallest absolute Gasteiger partial charge is 0.323 e. The van der Waals surface area contributed by atoms with Crippen LogP contribution in [0.25, 0.3) is 11.0 Å². The Balaban J connectivity index is 1.87. The first-order valence-corrected chi connectivity index (χ1v) is 9.70. The van der Waals surface area contributed by atoms with Gasteiger partial charge in [0.2, 0.25) is 0 Å². The molecule has 0 aliphatic rings. The van der Waals surface area contributed by atoms with Gasteiger partial charge in [0, 0.05) is 16.5 Å². The molecule has 3 rings (SSSR count). The molecule has 27 heavy (non-hydrogen) atoms. The lowest BCUT2D eigenvalue weighted by Crippen LogP contribution is -2.13. The molecule has 142 valence electrons. The third-order valence-corrected chi connectivity index (χ3v) is 5.18. The highest BCUT2D eigenvalue weighted by Crippen LogP contribution is 2.29. The number of nitrogens with zero attached hydrogens (tertiary/aromatic N) is 2. The Morgan fingerprint density at radius 2 is 2.04 bits per heavy atom. The van der Waals surface area contributed by atoms with E-state index >= 15 is 0 Å². The van der Waals surface area contributed by atoms with Gasteiger partial charge in [0.1, 0.15) is 18.2 Å². The van der Waals surface area contributed by atoms with E-state index in [1.807, 2.05) is 18.2 Å². The number of hydrogen-bond donors (Lipinski definition) is 2. The average Bonchev–Trinajstić information content (AvgIpc) is 2.99. The normalized spacial score (nSPS) is 12.3. The summed E-state index contributed by atoms with van der Waals surface area (Å²) in [5, 5.41) is 9.27. The van der Waals surface area contributed by atoms with Crippen LogP contribution in [0.15, 0.2) is 47.4 Å². The van der Waals surface area contributed by atoms with Crippen molar-refractivity contribution in [1.82, 2.24) is 9.55 Å². The summed E-state index contributed by atoms with van der Waals surface area (Å²) < 4.78 is 18.0. The first-order valence-electron chi connectivity index (χ1n) is 8.88. The molecule has 0 spiro atoms. The van der Waals surface area contributed by atoms with Crippen LogP contribution in [0.4, 0.5) is 10.1 Å². The fraction of sp³-hybridized carbons (Fsp3) is 0.300. The number of benzene rings is 2. The van der Waals surface area contributed by atoms with Crippen molar-refractivity contribution in [3.05, 3.63) is 54.1 Å². The van der Waals surface area contributed by atoms with Crippen LogP contribution >= 0.6 is 11.9 Å². The van der Waals surface area contributed by atoms with Crippen LogP contribution in [0.3, 0.4) is 0 Å². The molecule has 1 atom stereocenters. The molecule has 0 aliphatic heterocycles. The molecule has 0 saturated carbocycles. The molecule has 0 amide bonds. The second-order valence-electron chi connectivity index (χ2n) is 6.50. The molecule has 5 nitrogen and oxygen atoms in total. The molecular formula is C20H22FN3O2S. The summed E-state index contributed by atoms with van der Waals surface area (Å²) in [5.41, 5.74) is 2.43. The van der Waals surface area contributed by atoms with Gasteiger partial charge in [0.25, 0.3) is 0 Å². The lowest BCUT2D eigenvalue weighted by Gasteiger charge is -2.12. The van der Waals surface area contributed by atoms with Gasteiger partial charge in [-0.25, -0.2) is 9.37 Å². The number of hydrogen-bond acceptors (Lipinski definition) is 4. The predicted octanol–water partition coefficient (Wildman–Crippen LogP) is 5.28. The second-order valence-corrected chi connectivity index (χ2v) is 7.38. The van der Waals surface area contributed by atoms with Crippen molar-refractivity contribution < 1.29 is 14.3 Å². The zero-order valence-corrected chi connectivity index (χ0v) is 16.1.